The fourth-order valence-electron chi connectivity index (χ4n) is 1.67. The molecule has 18 heavy (non-hydrogen) atoms. The van der Waals surface area contributed by atoms with Crippen LogP contribution in [0.15, 0.2) is 0 Å². The summed E-state index contributed by atoms with van der Waals surface area (Å²) in [5.74, 6) is -1.63. The first-order valence-electron chi connectivity index (χ1n) is 5.89. The average molecular weight is 258 g/mol. The Labute approximate surface area is 105 Å². The van der Waals surface area contributed by atoms with E-state index in [0.29, 0.717) is 18.4 Å². The summed E-state index contributed by atoms with van der Waals surface area (Å²) in [6.45, 7) is 2.49. The van der Waals surface area contributed by atoms with Gasteiger partial charge in [-0.15, -0.1) is 0 Å². The largest absolute Gasteiger partial charge is 0.481 e. The molecule has 102 valence electrons. The van der Waals surface area contributed by atoms with Crippen LogP contribution in [0.3, 0.4) is 0 Å². The summed E-state index contributed by atoms with van der Waals surface area (Å²) >= 11 is 0. The summed E-state index contributed by atoms with van der Waals surface area (Å²) in [6.07, 6.45) is 1.70. The number of rotatable bonds is 7. The highest BCUT2D eigenvalue weighted by atomic mass is 16.4. The fourth-order valence-corrected chi connectivity index (χ4v) is 1.67. The van der Waals surface area contributed by atoms with Crippen LogP contribution < -0.4 is 10.6 Å². The van der Waals surface area contributed by atoms with Gasteiger partial charge in [0.25, 0.3) is 0 Å². The molecule has 0 spiro atoms. The predicted octanol–water partition coefficient (Wildman–Crippen LogP) is 0.260. The maximum Gasteiger partial charge on any atom is 0.326 e. The number of urea groups is 1. The molecule has 1 rings (SSSR count). The van der Waals surface area contributed by atoms with Crippen molar-refractivity contribution in [2.24, 2.45) is 11.8 Å². The van der Waals surface area contributed by atoms with Crippen LogP contribution in [-0.2, 0) is 9.59 Å². The van der Waals surface area contributed by atoms with E-state index >= 15 is 0 Å². The fraction of sp³-hybridized carbons (Fsp3) is 0.727. The van der Waals surface area contributed by atoms with Crippen molar-refractivity contribution < 1.29 is 24.6 Å². The minimum atomic E-state index is -1.40. The zero-order valence-corrected chi connectivity index (χ0v) is 10.2. The number of amides is 2. The van der Waals surface area contributed by atoms with Gasteiger partial charge in [-0.05, 0) is 24.7 Å². The molecule has 0 radical (unpaired) electrons. The molecule has 0 aromatic carbocycles. The minimum absolute atomic E-state index is 0.360. The summed E-state index contributed by atoms with van der Waals surface area (Å²) in [7, 11) is 0. The first-order chi connectivity index (χ1) is 8.40. The lowest BCUT2D eigenvalue weighted by Gasteiger charge is -2.15. The van der Waals surface area contributed by atoms with Crippen molar-refractivity contribution in [3.63, 3.8) is 0 Å². The third kappa shape index (κ3) is 5.03. The van der Waals surface area contributed by atoms with Crippen LogP contribution in [0.4, 0.5) is 4.79 Å². The third-order valence-electron chi connectivity index (χ3n) is 2.99. The molecule has 0 aromatic heterocycles. The van der Waals surface area contributed by atoms with Gasteiger partial charge in [0.1, 0.15) is 6.04 Å². The molecule has 1 fully saturated rings. The van der Waals surface area contributed by atoms with Crippen LogP contribution >= 0.6 is 0 Å². The Kier molecular flexibility index (Phi) is 4.94. The molecule has 0 aromatic rings. The first kappa shape index (κ1) is 14.3. The molecule has 1 saturated carbocycles. The lowest BCUT2D eigenvalue weighted by atomic mass is 10.1. The van der Waals surface area contributed by atoms with E-state index < -0.39 is 30.4 Å². The smallest absolute Gasteiger partial charge is 0.326 e. The maximum atomic E-state index is 11.4. The van der Waals surface area contributed by atoms with Gasteiger partial charge in [-0.25, -0.2) is 9.59 Å². The number of carboxylic acids is 2. The number of hydrogen-bond donors (Lipinski definition) is 4. The lowest BCUT2D eigenvalue weighted by molar-refractivity contribution is -0.145. The maximum absolute atomic E-state index is 11.4. The number of aliphatic carboxylic acids is 2. The third-order valence-corrected chi connectivity index (χ3v) is 2.99. The Morgan fingerprint density at radius 3 is 2.33 bits per heavy atom. The lowest BCUT2D eigenvalue weighted by Crippen LogP contribution is -2.47. The molecule has 1 aliphatic rings. The average Bonchev–Trinajstić information content (AvgIpc) is 3.07. The first-order valence-corrected chi connectivity index (χ1v) is 5.89. The predicted molar refractivity (Wildman–Crippen MR) is 62.1 cm³/mol. The van der Waals surface area contributed by atoms with E-state index in [0.717, 1.165) is 0 Å². The highest BCUT2D eigenvalue weighted by molar-refractivity contribution is 5.86. The summed E-state index contributed by atoms with van der Waals surface area (Å²) < 4.78 is 0. The van der Waals surface area contributed by atoms with E-state index in [4.69, 9.17) is 10.2 Å². The highest BCUT2D eigenvalue weighted by Gasteiger charge is 2.28. The van der Waals surface area contributed by atoms with Gasteiger partial charge in [-0.3, -0.25) is 4.79 Å². The Bertz CT molecular complexity index is 340. The molecule has 0 saturated heterocycles. The molecule has 2 atom stereocenters. The normalized spacial score (nSPS) is 17.6. The van der Waals surface area contributed by atoms with E-state index in [1.807, 2.05) is 6.92 Å². The monoisotopic (exact) mass is 258 g/mol. The molecule has 2 amide bonds. The van der Waals surface area contributed by atoms with E-state index in [2.05, 4.69) is 10.6 Å². The second-order valence-corrected chi connectivity index (χ2v) is 4.66. The van der Waals surface area contributed by atoms with Gasteiger partial charge >= 0.3 is 18.0 Å². The van der Waals surface area contributed by atoms with Crippen LogP contribution in [0.5, 0.6) is 0 Å². The van der Waals surface area contributed by atoms with Crippen LogP contribution in [0.25, 0.3) is 0 Å². The summed E-state index contributed by atoms with van der Waals surface area (Å²) in [5.41, 5.74) is 0. The second kappa shape index (κ2) is 6.23. The Balaban J connectivity index is 2.31. The number of carbonyl (C=O) groups excluding carboxylic acids is 1. The van der Waals surface area contributed by atoms with Crippen molar-refractivity contribution in [1.29, 1.82) is 0 Å². The van der Waals surface area contributed by atoms with Gasteiger partial charge in [0.15, 0.2) is 0 Å². The van der Waals surface area contributed by atoms with Gasteiger partial charge in [0.05, 0.1) is 6.42 Å². The number of carboxylic acid groups (broad SMARTS) is 2. The molecular weight excluding hydrogens is 240 g/mol. The van der Waals surface area contributed by atoms with Crippen molar-refractivity contribution in [2.75, 3.05) is 6.54 Å². The van der Waals surface area contributed by atoms with Crippen molar-refractivity contribution in [3.05, 3.63) is 0 Å². The van der Waals surface area contributed by atoms with Crippen molar-refractivity contribution >= 4 is 18.0 Å². The van der Waals surface area contributed by atoms with Crippen molar-refractivity contribution in [1.82, 2.24) is 10.6 Å². The quantitative estimate of drug-likeness (QED) is 0.522. The topological polar surface area (TPSA) is 116 Å². The van der Waals surface area contributed by atoms with Crippen LogP contribution in [0, 0.1) is 11.8 Å². The molecule has 0 heterocycles. The van der Waals surface area contributed by atoms with Gasteiger partial charge in [-0.2, -0.15) is 0 Å². The molecule has 1 aliphatic carbocycles. The highest BCUT2D eigenvalue weighted by Crippen LogP contribution is 2.35. The van der Waals surface area contributed by atoms with E-state index in [1.165, 1.54) is 12.8 Å². The Morgan fingerprint density at radius 1 is 1.28 bits per heavy atom. The van der Waals surface area contributed by atoms with Crippen LogP contribution in [0.2, 0.25) is 0 Å². The molecule has 1 unspecified atom stereocenters. The van der Waals surface area contributed by atoms with Crippen molar-refractivity contribution in [3.8, 4) is 0 Å². The van der Waals surface area contributed by atoms with Gasteiger partial charge in [0, 0.05) is 6.54 Å². The number of carbonyl (C=O) groups is 3. The minimum Gasteiger partial charge on any atom is -0.481 e. The van der Waals surface area contributed by atoms with Gasteiger partial charge in [-0.1, -0.05) is 6.92 Å². The van der Waals surface area contributed by atoms with Gasteiger partial charge < -0.3 is 20.8 Å². The number of hydrogen-bond acceptors (Lipinski definition) is 3. The Morgan fingerprint density at radius 2 is 1.89 bits per heavy atom. The van der Waals surface area contributed by atoms with Gasteiger partial charge in [0.2, 0.25) is 0 Å². The zero-order chi connectivity index (χ0) is 13.7. The van der Waals surface area contributed by atoms with E-state index in [9.17, 15) is 14.4 Å². The standard InChI is InChI=1S/C11H18N2O5/c1-6(7-2-3-7)5-12-11(18)13-8(10(16)17)4-9(14)15/h6-8H,2-5H2,1H3,(H,14,15)(H,16,17)(H2,12,13,18)/t6?,8-/m0/s1. The molecule has 0 aliphatic heterocycles. The van der Waals surface area contributed by atoms with E-state index in [-0.39, 0.29) is 0 Å². The van der Waals surface area contributed by atoms with Crippen LogP contribution in [-0.4, -0.2) is 40.8 Å². The summed E-state index contributed by atoms with van der Waals surface area (Å²) in [5, 5.41) is 21.9. The molecule has 0 bridgehead atoms. The Hall–Kier alpha value is -1.79. The molecule has 4 N–H and O–H groups in total. The summed E-state index contributed by atoms with van der Waals surface area (Å²) in [6, 6.07) is -2.05. The summed E-state index contributed by atoms with van der Waals surface area (Å²) in [4.78, 5) is 32.6. The number of nitrogens with one attached hydrogen (secondary N) is 2. The molecular formula is C11H18N2O5. The van der Waals surface area contributed by atoms with E-state index in [1.54, 1.807) is 0 Å². The molecule has 7 heteroatoms. The van der Waals surface area contributed by atoms with Crippen molar-refractivity contribution in [2.45, 2.75) is 32.2 Å². The second-order valence-electron chi connectivity index (χ2n) is 4.66. The SMILES string of the molecule is CC(CNC(=O)N[C@@H](CC(=O)O)C(=O)O)C1CC1. The zero-order valence-electron chi connectivity index (χ0n) is 10.2. The molecule has 7 nitrogen and oxygen atoms in total. The van der Waals surface area contributed by atoms with Crippen LogP contribution in [0.1, 0.15) is 26.2 Å².